The maximum atomic E-state index is 12.9. The monoisotopic (exact) mass is 404 g/mol. The van der Waals surface area contributed by atoms with Crippen LogP contribution in [0.15, 0.2) is 58.9 Å². The van der Waals surface area contributed by atoms with E-state index in [2.05, 4.69) is 9.82 Å². The van der Waals surface area contributed by atoms with Crippen molar-refractivity contribution in [3.05, 3.63) is 59.6 Å². The standard InChI is InChI=1S/C19H24N4O2S2/c1-22(2)12-7-11-20-27(24,25)18-15-23(14-16-8-4-3-5-9-16)21-19(18)17-10-6-13-26-17/h3-6,8-10,13,15,20H,7,11-12,14H2,1-2H3. The molecule has 8 heteroatoms. The van der Waals surface area contributed by atoms with E-state index in [-0.39, 0.29) is 4.90 Å². The molecule has 0 fully saturated rings. The molecule has 27 heavy (non-hydrogen) atoms. The van der Waals surface area contributed by atoms with Crippen molar-refractivity contribution < 1.29 is 8.42 Å². The summed E-state index contributed by atoms with van der Waals surface area (Å²) in [5.41, 5.74) is 1.57. The zero-order valence-corrected chi connectivity index (χ0v) is 17.1. The summed E-state index contributed by atoms with van der Waals surface area (Å²) in [5.74, 6) is 0. The van der Waals surface area contributed by atoms with Gasteiger partial charge >= 0.3 is 0 Å². The van der Waals surface area contributed by atoms with Gasteiger partial charge in [0.05, 0.1) is 11.4 Å². The van der Waals surface area contributed by atoms with E-state index in [1.807, 2.05) is 66.8 Å². The van der Waals surface area contributed by atoms with Crippen LogP contribution in [0, 0.1) is 0 Å². The molecule has 3 rings (SSSR count). The number of nitrogens with one attached hydrogen (secondary N) is 1. The van der Waals surface area contributed by atoms with Crippen LogP contribution in [0.1, 0.15) is 12.0 Å². The minimum absolute atomic E-state index is 0.228. The molecule has 0 aliphatic rings. The van der Waals surface area contributed by atoms with Crippen LogP contribution in [0.4, 0.5) is 0 Å². The summed E-state index contributed by atoms with van der Waals surface area (Å²) in [6, 6.07) is 13.7. The van der Waals surface area contributed by atoms with Crippen LogP contribution in [0.2, 0.25) is 0 Å². The van der Waals surface area contributed by atoms with Crippen LogP contribution in [0.3, 0.4) is 0 Å². The predicted molar refractivity (Wildman–Crippen MR) is 109 cm³/mol. The van der Waals surface area contributed by atoms with E-state index in [0.29, 0.717) is 18.8 Å². The first-order chi connectivity index (χ1) is 13.0. The van der Waals surface area contributed by atoms with E-state index >= 15 is 0 Å². The third-order valence-electron chi connectivity index (χ3n) is 4.03. The number of thiophene rings is 1. The average molecular weight is 405 g/mol. The molecule has 6 nitrogen and oxygen atoms in total. The lowest BCUT2D eigenvalue weighted by molar-refractivity contribution is 0.400. The maximum absolute atomic E-state index is 12.9. The Kier molecular flexibility index (Phi) is 6.43. The zero-order chi connectivity index (χ0) is 19.3. The van der Waals surface area contributed by atoms with Crippen LogP contribution in [-0.4, -0.2) is 50.3 Å². The Labute approximate surface area is 164 Å². The predicted octanol–water partition coefficient (Wildman–Crippen LogP) is 2.89. The summed E-state index contributed by atoms with van der Waals surface area (Å²) >= 11 is 1.48. The van der Waals surface area contributed by atoms with Gasteiger partial charge in [0.2, 0.25) is 10.0 Å². The van der Waals surface area contributed by atoms with Gasteiger partial charge in [0.15, 0.2) is 0 Å². The van der Waals surface area contributed by atoms with Crippen LogP contribution in [-0.2, 0) is 16.6 Å². The number of hydrogen-bond donors (Lipinski definition) is 1. The van der Waals surface area contributed by atoms with Crippen molar-refractivity contribution in [3.63, 3.8) is 0 Å². The SMILES string of the molecule is CN(C)CCCNS(=O)(=O)c1cn(Cc2ccccc2)nc1-c1cccs1. The average Bonchev–Trinajstić information content (AvgIpc) is 3.29. The first-order valence-electron chi connectivity index (χ1n) is 8.75. The highest BCUT2D eigenvalue weighted by Crippen LogP contribution is 2.29. The van der Waals surface area contributed by atoms with Gasteiger partial charge in [-0.15, -0.1) is 11.3 Å². The summed E-state index contributed by atoms with van der Waals surface area (Å²) in [6.45, 7) is 1.75. The molecule has 3 aromatic rings. The van der Waals surface area contributed by atoms with E-state index in [4.69, 9.17) is 0 Å². The molecule has 0 aliphatic carbocycles. The fourth-order valence-electron chi connectivity index (χ4n) is 2.71. The van der Waals surface area contributed by atoms with Crippen LogP contribution >= 0.6 is 11.3 Å². The second-order valence-corrected chi connectivity index (χ2v) is 9.24. The van der Waals surface area contributed by atoms with Gasteiger partial charge in [0, 0.05) is 12.7 Å². The minimum atomic E-state index is -3.63. The summed E-state index contributed by atoms with van der Waals surface area (Å²) in [5, 5.41) is 6.49. The highest BCUT2D eigenvalue weighted by atomic mass is 32.2. The molecular formula is C19H24N4O2S2. The Bertz CT molecular complexity index is 949. The van der Waals surface area contributed by atoms with Crippen molar-refractivity contribution in [2.75, 3.05) is 27.2 Å². The number of hydrogen-bond acceptors (Lipinski definition) is 5. The second-order valence-electron chi connectivity index (χ2n) is 6.56. The number of rotatable bonds is 9. The van der Waals surface area contributed by atoms with Gasteiger partial charge in [-0.2, -0.15) is 5.10 Å². The normalized spacial score (nSPS) is 12.0. The number of benzene rings is 1. The molecule has 2 aromatic heterocycles. The van der Waals surface area contributed by atoms with Crippen molar-refractivity contribution >= 4 is 21.4 Å². The van der Waals surface area contributed by atoms with Gasteiger partial charge in [-0.3, -0.25) is 4.68 Å². The van der Waals surface area contributed by atoms with Crippen molar-refractivity contribution in [2.24, 2.45) is 0 Å². The Morgan fingerprint density at radius 3 is 2.59 bits per heavy atom. The van der Waals surface area contributed by atoms with E-state index in [1.54, 1.807) is 10.9 Å². The van der Waals surface area contributed by atoms with Gasteiger partial charge in [0.1, 0.15) is 10.6 Å². The van der Waals surface area contributed by atoms with Gasteiger partial charge in [-0.25, -0.2) is 13.1 Å². The van der Waals surface area contributed by atoms with Crippen LogP contribution in [0.5, 0.6) is 0 Å². The summed E-state index contributed by atoms with van der Waals surface area (Å²) in [6.07, 6.45) is 2.37. The molecule has 2 heterocycles. The van der Waals surface area contributed by atoms with E-state index < -0.39 is 10.0 Å². The van der Waals surface area contributed by atoms with Crippen molar-refractivity contribution in [2.45, 2.75) is 17.9 Å². The Morgan fingerprint density at radius 2 is 1.93 bits per heavy atom. The molecule has 0 atom stereocenters. The fourth-order valence-corrected chi connectivity index (χ4v) is 4.74. The Hall–Kier alpha value is -2.00. The largest absolute Gasteiger partial charge is 0.309 e. The molecule has 0 radical (unpaired) electrons. The third kappa shape index (κ3) is 5.26. The molecule has 0 saturated heterocycles. The Balaban J connectivity index is 1.86. The molecule has 0 aliphatic heterocycles. The second kappa shape index (κ2) is 8.79. The quantitative estimate of drug-likeness (QED) is 0.557. The van der Waals surface area contributed by atoms with Crippen LogP contribution < -0.4 is 4.72 Å². The lowest BCUT2D eigenvalue weighted by atomic mass is 10.2. The first-order valence-corrected chi connectivity index (χ1v) is 11.1. The molecule has 1 aromatic carbocycles. The molecule has 0 spiro atoms. The van der Waals surface area contributed by atoms with Crippen molar-refractivity contribution in [1.82, 2.24) is 19.4 Å². The lowest BCUT2D eigenvalue weighted by Crippen LogP contribution is -2.27. The molecule has 144 valence electrons. The van der Waals surface area contributed by atoms with Crippen molar-refractivity contribution in [3.8, 4) is 10.6 Å². The minimum Gasteiger partial charge on any atom is -0.309 e. The topological polar surface area (TPSA) is 67.2 Å². The molecule has 0 unspecified atom stereocenters. The van der Waals surface area contributed by atoms with E-state index in [9.17, 15) is 8.42 Å². The molecular weight excluding hydrogens is 380 g/mol. The summed E-state index contributed by atoms with van der Waals surface area (Å²) in [4.78, 5) is 3.10. The zero-order valence-electron chi connectivity index (χ0n) is 15.5. The van der Waals surface area contributed by atoms with Gasteiger partial charge in [-0.05, 0) is 44.1 Å². The fraction of sp³-hybridized carbons (Fsp3) is 0.316. The van der Waals surface area contributed by atoms with Gasteiger partial charge in [-0.1, -0.05) is 36.4 Å². The van der Waals surface area contributed by atoms with E-state index in [1.165, 1.54) is 11.3 Å². The smallest absolute Gasteiger partial charge is 0.244 e. The maximum Gasteiger partial charge on any atom is 0.244 e. The molecule has 0 amide bonds. The highest BCUT2D eigenvalue weighted by molar-refractivity contribution is 7.89. The number of nitrogens with zero attached hydrogens (tertiary/aromatic N) is 3. The first kappa shape index (κ1) is 19.8. The van der Waals surface area contributed by atoms with Gasteiger partial charge < -0.3 is 4.90 Å². The molecule has 1 N–H and O–H groups in total. The molecule has 0 saturated carbocycles. The highest BCUT2D eigenvalue weighted by Gasteiger charge is 2.24. The number of sulfonamides is 1. The number of aromatic nitrogens is 2. The van der Waals surface area contributed by atoms with E-state index in [0.717, 1.165) is 23.4 Å². The lowest BCUT2D eigenvalue weighted by Gasteiger charge is -2.10. The Morgan fingerprint density at radius 1 is 1.15 bits per heavy atom. The van der Waals surface area contributed by atoms with Crippen LogP contribution in [0.25, 0.3) is 10.6 Å². The molecule has 0 bridgehead atoms. The van der Waals surface area contributed by atoms with Crippen molar-refractivity contribution in [1.29, 1.82) is 0 Å². The summed E-state index contributed by atoms with van der Waals surface area (Å²) < 4.78 is 30.2. The summed E-state index contributed by atoms with van der Waals surface area (Å²) in [7, 11) is 0.307. The van der Waals surface area contributed by atoms with Gasteiger partial charge in [0.25, 0.3) is 0 Å². The third-order valence-corrected chi connectivity index (χ3v) is 6.37.